The normalized spacial score (nSPS) is 15.1. The predicted octanol–water partition coefficient (Wildman–Crippen LogP) is 1.59. The minimum absolute atomic E-state index is 0.0647. The molecule has 1 atom stereocenters. The molecule has 1 aromatic carbocycles. The maximum Gasteiger partial charge on any atom is 0.246 e. The van der Waals surface area contributed by atoms with Crippen LogP contribution in [0.25, 0.3) is 11.6 Å². The number of carbonyl (C=O) groups excluding carboxylic acids is 1. The third-order valence-corrected chi connectivity index (χ3v) is 4.74. The molecule has 1 amide bonds. The van der Waals surface area contributed by atoms with Crippen LogP contribution < -0.4 is 5.32 Å². The molecule has 0 saturated carbocycles. The lowest BCUT2D eigenvalue weighted by atomic mass is 9.99. The highest BCUT2D eigenvalue weighted by atomic mass is 16.5. The third kappa shape index (κ3) is 3.85. The van der Waals surface area contributed by atoms with Crippen LogP contribution in [0.15, 0.2) is 47.2 Å². The van der Waals surface area contributed by atoms with E-state index in [0.717, 1.165) is 19.5 Å². The second-order valence-corrected chi connectivity index (χ2v) is 6.47. The summed E-state index contributed by atoms with van der Waals surface area (Å²) >= 11 is 0. The quantitative estimate of drug-likeness (QED) is 0.734. The van der Waals surface area contributed by atoms with Gasteiger partial charge in [0.2, 0.25) is 23.4 Å². The van der Waals surface area contributed by atoms with Crippen molar-refractivity contribution >= 4 is 5.91 Å². The number of nitrogens with one attached hydrogen (secondary N) is 1. The lowest BCUT2D eigenvalue weighted by Gasteiger charge is -2.32. The van der Waals surface area contributed by atoms with E-state index in [2.05, 4.69) is 48.5 Å². The maximum atomic E-state index is 12.5. The first kappa shape index (κ1) is 17.3. The molecule has 27 heavy (non-hydrogen) atoms. The first-order valence-electron chi connectivity index (χ1n) is 8.89. The molecule has 2 aromatic heterocycles. The van der Waals surface area contributed by atoms with Crippen molar-refractivity contribution in [2.75, 3.05) is 6.54 Å². The van der Waals surface area contributed by atoms with Crippen molar-refractivity contribution < 1.29 is 9.32 Å². The van der Waals surface area contributed by atoms with Gasteiger partial charge >= 0.3 is 0 Å². The van der Waals surface area contributed by atoms with Gasteiger partial charge in [-0.2, -0.15) is 4.98 Å². The molecule has 0 radical (unpaired) electrons. The minimum atomic E-state index is -0.238. The van der Waals surface area contributed by atoms with Crippen LogP contribution in [0.4, 0.5) is 0 Å². The molecular formula is C19H20N6O2. The smallest absolute Gasteiger partial charge is 0.246 e. The standard InChI is InChI=1S/C19H20N6O2/c1-13(25-10-7-14-5-2-3-6-15(14)12-25)19(26)22-11-16-23-18(24-27-16)17-20-8-4-9-21-17/h2-6,8-9,13H,7,10-12H2,1H3,(H,22,26)/t13-/m0/s1. The van der Waals surface area contributed by atoms with E-state index in [9.17, 15) is 4.79 Å². The van der Waals surface area contributed by atoms with Gasteiger partial charge in [0.25, 0.3) is 0 Å². The fourth-order valence-electron chi connectivity index (χ4n) is 3.16. The Balaban J connectivity index is 1.34. The summed E-state index contributed by atoms with van der Waals surface area (Å²) in [7, 11) is 0. The Hall–Kier alpha value is -3.13. The van der Waals surface area contributed by atoms with Crippen LogP contribution in [0.2, 0.25) is 0 Å². The summed E-state index contributed by atoms with van der Waals surface area (Å²) in [5.74, 6) is 0.951. The number of carbonyl (C=O) groups is 1. The highest BCUT2D eigenvalue weighted by Crippen LogP contribution is 2.20. The number of amides is 1. The number of aromatic nitrogens is 4. The van der Waals surface area contributed by atoms with Gasteiger partial charge in [0.05, 0.1) is 12.6 Å². The number of fused-ring (bicyclic) bond motifs is 1. The van der Waals surface area contributed by atoms with Crippen molar-refractivity contribution in [2.45, 2.75) is 32.5 Å². The Morgan fingerprint density at radius 3 is 2.78 bits per heavy atom. The minimum Gasteiger partial charge on any atom is -0.346 e. The fourth-order valence-corrected chi connectivity index (χ4v) is 3.16. The molecule has 0 aliphatic carbocycles. The molecule has 0 saturated heterocycles. The van der Waals surface area contributed by atoms with Crippen molar-refractivity contribution in [3.8, 4) is 11.6 Å². The largest absolute Gasteiger partial charge is 0.346 e. The van der Waals surface area contributed by atoms with Gasteiger partial charge in [-0.3, -0.25) is 9.69 Å². The highest BCUT2D eigenvalue weighted by Gasteiger charge is 2.25. The van der Waals surface area contributed by atoms with Crippen LogP contribution in [0.3, 0.4) is 0 Å². The van der Waals surface area contributed by atoms with E-state index in [1.165, 1.54) is 11.1 Å². The van der Waals surface area contributed by atoms with Gasteiger partial charge < -0.3 is 9.84 Å². The molecular weight excluding hydrogens is 344 g/mol. The zero-order valence-electron chi connectivity index (χ0n) is 15.0. The van der Waals surface area contributed by atoms with E-state index in [-0.39, 0.29) is 18.5 Å². The second-order valence-electron chi connectivity index (χ2n) is 6.47. The van der Waals surface area contributed by atoms with Crippen molar-refractivity contribution in [1.29, 1.82) is 0 Å². The molecule has 0 fully saturated rings. The summed E-state index contributed by atoms with van der Waals surface area (Å²) in [4.78, 5) is 27.1. The molecule has 1 aliphatic heterocycles. The van der Waals surface area contributed by atoms with E-state index in [0.29, 0.717) is 17.5 Å². The van der Waals surface area contributed by atoms with Gasteiger partial charge in [-0.15, -0.1) is 0 Å². The monoisotopic (exact) mass is 364 g/mol. The summed E-state index contributed by atoms with van der Waals surface area (Å²) in [6.07, 6.45) is 4.18. The van der Waals surface area contributed by atoms with Crippen LogP contribution in [-0.2, 0) is 24.3 Å². The zero-order valence-corrected chi connectivity index (χ0v) is 15.0. The SMILES string of the molecule is C[C@@H](C(=O)NCc1nc(-c2ncccn2)no1)N1CCc2ccccc2C1. The van der Waals surface area contributed by atoms with E-state index in [1.54, 1.807) is 18.5 Å². The Morgan fingerprint density at radius 1 is 1.19 bits per heavy atom. The van der Waals surface area contributed by atoms with Gasteiger partial charge in [0.1, 0.15) is 0 Å². The first-order valence-corrected chi connectivity index (χ1v) is 8.89. The third-order valence-electron chi connectivity index (χ3n) is 4.74. The first-order chi connectivity index (χ1) is 13.2. The zero-order chi connectivity index (χ0) is 18.6. The van der Waals surface area contributed by atoms with E-state index in [4.69, 9.17) is 4.52 Å². The Morgan fingerprint density at radius 2 is 1.96 bits per heavy atom. The molecule has 4 rings (SSSR count). The van der Waals surface area contributed by atoms with Gasteiger partial charge in [-0.1, -0.05) is 29.4 Å². The molecule has 138 valence electrons. The number of nitrogens with zero attached hydrogens (tertiary/aromatic N) is 5. The Labute approximate surface area is 156 Å². The molecule has 3 aromatic rings. The second kappa shape index (κ2) is 7.63. The molecule has 0 unspecified atom stereocenters. The van der Waals surface area contributed by atoms with Crippen LogP contribution >= 0.6 is 0 Å². The average molecular weight is 364 g/mol. The lowest BCUT2D eigenvalue weighted by molar-refractivity contribution is -0.126. The van der Waals surface area contributed by atoms with Gasteiger partial charge in [-0.25, -0.2) is 9.97 Å². The summed E-state index contributed by atoms with van der Waals surface area (Å²) in [5.41, 5.74) is 2.65. The molecule has 0 spiro atoms. The molecule has 1 N–H and O–H groups in total. The van der Waals surface area contributed by atoms with Gasteiger partial charge in [0.15, 0.2) is 0 Å². The van der Waals surface area contributed by atoms with Crippen LogP contribution in [0, 0.1) is 0 Å². The Kier molecular flexibility index (Phi) is 4.88. The number of rotatable bonds is 5. The number of hydrogen-bond acceptors (Lipinski definition) is 7. The Bertz CT molecular complexity index is 927. The van der Waals surface area contributed by atoms with E-state index < -0.39 is 0 Å². The summed E-state index contributed by atoms with van der Waals surface area (Å²) in [5, 5.41) is 6.72. The topological polar surface area (TPSA) is 97.0 Å². The fraction of sp³-hybridized carbons (Fsp3) is 0.316. The van der Waals surface area contributed by atoms with Crippen molar-refractivity contribution in [1.82, 2.24) is 30.3 Å². The number of hydrogen-bond donors (Lipinski definition) is 1. The summed E-state index contributed by atoms with van der Waals surface area (Å²) in [6.45, 7) is 3.73. The van der Waals surface area contributed by atoms with Crippen LogP contribution in [-0.4, -0.2) is 43.5 Å². The number of benzene rings is 1. The van der Waals surface area contributed by atoms with E-state index >= 15 is 0 Å². The highest BCUT2D eigenvalue weighted by molar-refractivity contribution is 5.81. The van der Waals surface area contributed by atoms with Crippen LogP contribution in [0.1, 0.15) is 23.9 Å². The lowest BCUT2D eigenvalue weighted by Crippen LogP contribution is -2.46. The van der Waals surface area contributed by atoms with Gasteiger partial charge in [-0.05, 0) is 30.5 Å². The van der Waals surface area contributed by atoms with Crippen LogP contribution in [0.5, 0.6) is 0 Å². The average Bonchev–Trinajstić information content (AvgIpc) is 3.21. The molecule has 8 nitrogen and oxygen atoms in total. The molecule has 1 aliphatic rings. The molecule has 0 bridgehead atoms. The molecule has 8 heteroatoms. The van der Waals surface area contributed by atoms with Gasteiger partial charge in [0, 0.05) is 25.5 Å². The summed E-state index contributed by atoms with van der Waals surface area (Å²) < 4.78 is 5.17. The maximum absolute atomic E-state index is 12.5. The molecule has 3 heterocycles. The summed E-state index contributed by atoms with van der Waals surface area (Å²) in [6, 6.07) is 9.85. The predicted molar refractivity (Wildman–Crippen MR) is 97.2 cm³/mol. The van der Waals surface area contributed by atoms with Crippen molar-refractivity contribution in [2.24, 2.45) is 0 Å². The van der Waals surface area contributed by atoms with Crippen molar-refractivity contribution in [3.05, 3.63) is 59.7 Å². The van der Waals surface area contributed by atoms with E-state index in [1.807, 2.05) is 13.0 Å². The van der Waals surface area contributed by atoms with Crippen molar-refractivity contribution in [3.63, 3.8) is 0 Å².